The van der Waals surface area contributed by atoms with Crippen LogP contribution in [0.4, 0.5) is 0 Å². The molecule has 2 aliphatic heterocycles. The Labute approximate surface area is 72.7 Å². The van der Waals surface area contributed by atoms with Crippen molar-refractivity contribution >= 4 is 0 Å². The lowest BCUT2D eigenvalue weighted by atomic mass is 9.99. The fraction of sp³-hybridized carbons (Fsp3) is 1.00. The second kappa shape index (κ2) is 2.69. The van der Waals surface area contributed by atoms with Gasteiger partial charge in [-0.1, -0.05) is 6.92 Å². The van der Waals surface area contributed by atoms with Gasteiger partial charge in [0.25, 0.3) is 0 Å². The Kier molecular flexibility index (Phi) is 1.90. The van der Waals surface area contributed by atoms with Crippen LogP contribution in [0.5, 0.6) is 0 Å². The quantitative estimate of drug-likeness (QED) is 0.642. The normalized spacial score (nSPS) is 52.8. The van der Waals surface area contributed by atoms with Crippen LogP contribution in [0.25, 0.3) is 0 Å². The predicted molar refractivity (Wildman–Crippen MR) is 43.7 cm³/mol. The number of ether oxygens (including phenoxy) is 2. The zero-order valence-electron chi connectivity index (χ0n) is 7.62. The SMILES string of the molecule is CC[C@H]1O[C@@]2(C)CC[C@H](O)[C@H]1O2. The van der Waals surface area contributed by atoms with Crippen LogP contribution < -0.4 is 0 Å². The molecule has 0 amide bonds. The van der Waals surface area contributed by atoms with E-state index in [-0.39, 0.29) is 18.3 Å². The molecule has 0 aromatic rings. The number of aliphatic hydroxyl groups excluding tert-OH is 1. The Balaban J connectivity index is 2.15. The van der Waals surface area contributed by atoms with E-state index in [4.69, 9.17) is 9.47 Å². The average Bonchev–Trinajstić information content (AvgIpc) is 2.34. The Morgan fingerprint density at radius 1 is 1.50 bits per heavy atom. The summed E-state index contributed by atoms with van der Waals surface area (Å²) >= 11 is 0. The summed E-state index contributed by atoms with van der Waals surface area (Å²) in [5.74, 6) is -0.412. The summed E-state index contributed by atoms with van der Waals surface area (Å²) < 4.78 is 11.3. The molecule has 0 aromatic carbocycles. The smallest absolute Gasteiger partial charge is 0.166 e. The maximum absolute atomic E-state index is 9.61. The van der Waals surface area contributed by atoms with E-state index in [1.165, 1.54) is 0 Å². The number of hydrogen-bond acceptors (Lipinski definition) is 3. The Bertz CT molecular complexity index is 179. The number of aliphatic hydroxyl groups is 1. The second-order valence-corrected chi connectivity index (χ2v) is 3.89. The molecular formula is C9H16O3. The van der Waals surface area contributed by atoms with Crippen LogP contribution in [-0.2, 0) is 9.47 Å². The monoisotopic (exact) mass is 172 g/mol. The first-order chi connectivity index (χ1) is 5.64. The summed E-state index contributed by atoms with van der Waals surface area (Å²) in [6, 6.07) is 0. The molecule has 4 atom stereocenters. The van der Waals surface area contributed by atoms with Crippen molar-refractivity contribution < 1.29 is 14.6 Å². The fourth-order valence-corrected chi connectivity index (χ4v) is 2.11. The van der Waals surface area contributed by atoms with Gasteiger partial charge in [-0.05, 0) is 19.8 Å². The molecule has 2 rings (SSSR count). The van der Waals surface area contributed by atoms with Gasteiger partial charge in [0, 0.05) is 6.42 Å². The molecule has 3 nitrogen and oxygen atoms in total. The third-order valence-corrected chi connectivity index (χ3v) is 2.83. The van der Waals surface area contributed by atoms with E-state index >= 15 is 0 Å². The lowest BCUT2D eigenvalue weighted by Gasteiger charge is -2.30. The van der Waals surface area contributed by atoms with Crippen molar-refractivity contribution in [2.24, 2.45) is 0 Å². The van der Waals surface area contributed by atoms with E-state index in [0.717, 1.165) is 19.3 Å². The fourth-order valence-electron chi connectivity index (χ4n) is 2.11. The van der Waals surface area contributed by atoms with Crippen LogP contribution in [0.2, 0.25) is 0 Å². The summed E-state index contributed by atoms with van der Waals surface area (Å²) in [6.45, 7) is 4.02. The third kappa shape index (κ3) is 1.16. The minimum Gasteiger partial charge on any atom is -0.390 e. The van der Waals surface area contributed by atoms with Crippen LogP contribution in [0, 0.1) is 0 Å². The highest BCUT2D eigenvalue weighted by molar-refractivity contribution is 4.92. The van der Waals surface area contributed by atoms with Crippen LogP contribution in [0.15, 0.2) is 0 Å². The number of hydrogen-bond donors (Lipinski definition) is 1. The molecule has 70 valence electrons. The zero-order chi connectivity index (χ0) is 8.77. The average molecular weight is 172 g/mol. The molecule has 1 N–H and O–H groups in total. The van der Waals surface area contributed by atoms with Crippen molar-refractivity contribution in [3.05, 3.63) is 0 Å². The molecule has 0 saturated carbocycles. The maximum atomic E-state index is 9.61. The summed E-state index contributed by atoms with van der Waals surface area (Å²) in [7, 11) is 0. The summed E-state index contributed by atoms with van der Waals surface area (Å²) in [6.07, 6.45) is 2.20. The van der Waals surface area contributed by atoms with Crippen molar-refractivity contribution in [3.8, 4) is 0 Å². The molecule has 2 saturated heterocycles. The molecule has 2 bridgehead atoms. The first-order valence-corrected chi connectivity index (χ1v) is 4.68. The molecule has 2 fully saturated rings. The van der Waals surface area contributed by atoms with E-state index in [1.807, 2.05) is 6.92 Å². The highest BCUT2D eigenvalue weighted by Gasteiger charge is 2.50. The van der Waals surface area contributed by atoms with E-state index in [1.54, 1.807) is 0 Å². The van der Waals surface area contributed by atoms with Gasteiger partial charge in [0.05, 0.1) is 12.2 Å². The van der Waals surface area contributed by atoms with Crippen molar-refractivity contribution in [2.45, 2.75) is 57.2 Å². The first-order valence-electron chi connectivity index (χ1n) is 4.68. The van der Waals surface area contributed by atoms with Gasteiger partial charge >= 0.3 is 0 Å². The van der Waals surface area contributed by atoms with Gasteiger partial charge in [-0.2, -0.15) is 0 Å². The van der Waals surface area contributed by atoms with Gasteiger partial charge < -0.3 is 14.6 Å². The highest BCUT2D eigenvalue weighted by atomic mass is 16.8. The maximum Gasteiger partial charge on any atom is 0.166 e. The molecule has 2 heterocycles. The molecule has 2 aliphatic rings. The Morgan fingerprint density at radius 2 is 2.25 bits per heavy atom. The summed E-state index contributed by atoms with van der Waals surface area (Å²) in [4.78, 5) is 0. The van der Waals surface area contributed by atoms with Crippen molar-refractivity contribution in [2.75, 3.05) is 0 Å². The lowest BCUT2D eigenvalue weighted by Crippen LogP contribution is -2.40. The van der Waals surface area contributed by atoms with Gasteiger partial charge in [0.1, 0.15) is 6.10 Å². The van der Waals surface area contributed by atoms with E-state index in [9.17, 15) is 5.11 Å². The highest BCUT2D eigenvalue weighted by Crippen LogP contribution is 2.40. The molecule has 12 heavy (non-hydrogen) atoms. The van der Waals surface area contributed by atoms with Gasteiger partial charge in [0.15, 0.2) is 5.79 Å². The van der Waals surface area contributed by atoms with Crippen LogP contribution in [-0.4, -0.2) is 29.2 Å². The standard InChI is InChI=1S/C9H16O3/c1-3-7-8-6(10)4-5-9(2,11-7)12-8/h6-8,10H,3-5H2,1-2H3/t6-,7+,8+,9+/m0/s1. The summed E-state index contributed by atoms with van der Waals surface area (Å²) in [5, 5.41) is 9.61. The Hall–Kier alpha value is -0.120. The molecular weight excluding hydrogens is 156 g/mol. The summed E-state index contributed by atoms with van der Waals surface area (Å²) in [5.41, 5.74) is 0. The minimum absolute atomic E-state index is 0.0891. The lowest BCUT2D eigenvalue weighted by molar-refractivity contribution is -0.197. The largest absolute Gasteiger partial charge is 0.390 e. The number of rotatable bonds is 1. The number of fused-ring (bicyclic) bond motifs is 2. The van der Waals surface area contributed by atoms with Crippen LogP contribution >= 0.6 is 0 Å². The minimum atomic E-state index is -0.412. The topological polar surface area (TPSA) is 38.7 Å². The molecule has 0 radical (unpaired) electrons. The molecule has 0 aromatic heterocycles. The Morgan fingerprint density at radius 3 is 2.92 bits per heavy atom. The van der Waals surface area contributed by atoms with Gasteiger partial charge in [-0.25, -0.2) is 0 Å². The van der Waals surface area contributed by atoms with Crippen molar-refractivity contribution in [3.63, 3.8) is 0 Å². The third-order valence-electron chi connectivity index (χ3n) is 2.83. The first kappa shape index (κ1) is 8.48. The van der Waals surface area contributed by atoms with Crippen LogP contribution in [0.3, 0.4) is 0 Å². The van der Waals surface area contributed by atoms with Crippen molar-refractivity contribution in [1.29, 1.82) is 0 Å². The van der Waals surface area contributed by atoms with Crippen LogP contribution in [0.1, 0.15) is 33.1 Å². The zero-order valence-corrected chi connectivity index (χ0v) is 7.62. The van der Waals surface area contributed by atoms with Gasteiger partial charge in [0.2, 0.25) is 0 Å². The molecule has 0 aliphatic carbocycles. The van der Waals surface area contributed by atoms with E-state index in [2.05, 4.69) is 6.92 Å². The predicted octanol–water partition coefficient (Wildman–Crippen LogP) is 1.05. The second-order valence-electron chi connectivity index (χ2n) is 3.89. The van der Waals surface area contributed by atoms with Gasteiger partial charge in [-0.15, -0.1) is 0 Å². The van der Waals surface area contributed by atoms with E-state index < -0.39 is 5.79 Å². The van der Waals surface area contributed by atoms with E-state index in [0.29, 0.717) is 0 Å². The molecule has 0 spiro atoms. The molecule has 3 heteroatoms. The van der Waals surface area contributed by atoms with Crippen molar-refractivity contribution in [1.82, 2.24) is 0 Å². The molecule has 0 unspecified atom stereocenters. The van der Waals surface area contributed by atoms with Gasteiger partial charge in [-0.3, -0.25) is 0 Å².